The lowest BCUT2D eigenvalue weighted by Gasteiger charge is -2.11. The minimum Gasteiger partial charge on any atom is -1.00 e. The van der Waals surface area contributed by atoms with E-state index in [4.69, 9.17) is 4.74 Å². The van der Waals surface area contributed by atoms with Crippen LogP contribution in [0, 0.1) is 0 Å². The molecule has 1 aliphatic heterocycles. The van der Waals surface area contributed by atoms with Crippen molar-refractivity contribution < 1.29 is 22.5 Å². The third-order valence-electron chi connectivity index (χ3n) is 1.00. The fraction of sp³-hybridized carbons (Fsp3) is 0.600. The van der Waals surface area contributed by atoms with Crippen molar-refractivity contribution in [3.63, 3.8) is 0 Å². The van der Waals surface area contributed by atoms with E-state index in [2.05, 4.69) is 11.9 Å². The molecule has 2 N–H and O–H groups in total. The van der Waals surface area contributed by atoms with E-state index in [1.807, 2.05) is 0 Å². The molecule has 0 saturated carbocycles. The molecular weight excluding hydrogens is 126 g/mol. The van der Waals surface area contributed by atoms with E-state index >= 15 is 0 Å². The summed E-state index contributed by atoms with van der Waals surface area (Å²) in [6.45, 7) is 6.52. The molecule has 0 amide bonds. The van der Waals surface area contributed by atoms with Gasteiger partial charge in [-0.2, -0.15) is 0 Å². The second-order valence-corrected chi connectivity index (χ2v) is 1.67. The molecule has 1 fully saturated rings. The maximum Gasteiger partial charge on any atom is 0.143 e. The van der Waals surface area contributed by atoms with Gasteiger partial charge in [0.1, 0.15) is 25.5 Å². The first-order valence-electron chi connectivity index (χ1n) is 2.52. The minimum absolute atomic E-state index is 0. The largest absolute Gasteiger partial charge is 1.00 e. The Morgan fingerprint density at radius 1 is 1.62 bits per heavy atom. The Bertz CT molecular complexity index is 76.5. The number of hydrogen-bond acceptors (Lipinski definition) is 1. The van der Waals surface area contributed by atoms with E-state index in [0.29, 0.717) is 0 Å². The Morgan fingerprint density at radius 2 is 2.38 bits per heavy atom. The van der Waals surface area contributed by atoms with Crippen LogP contribution in [0.3, 0.4) is 0 Å². The Morgan fingerprint density at radius 3 is 2.62 bits per heavy atom. The van der Waals surface area contributed by atoms with Gasteiger partial charge < -0.3 is 22.5 Å². The summed E-state index contributed by atoms with van der Waals surface area (Å²) in [7, 11) is 0. The smallest absolute Gasteiger partial charge is 0.143 e. The van der Waals surface area contributed by atoms with E-state index < -0.39 is 0 Å². The average molecular weight is 136 g/mol. The molecule has 0 atom stereocenters. The van der Waals surface area contributed by atoms with Crippen molar-refractivity contribution in [3.05, 3.63) is 12.3 Å². The molecule has 1 aliphatic rings. The van der Waals surface area contributed by atoms with Gasteiger partial charge in [-0.05, 0) is 0 Å². The van der Waals surface area contributed by atoms with E-state index in [0.717, 1.165) is 25.5 Å². The van der Waals surface area contributed by atoms with Gasteiger partial charge in [0.2, 0.25) is 0 Å². The maximum absolute atomic E-state index is 5.05. The first-order valence-corrected chi connectivity index (χ1v) is 2.52. The molecule has 0 aromatic heterocycles. The fourth-order valence-electron chi connectivity index (χ4n) is 0.609. The lowest BCUT2D eigenvalue weighted by atomic mass is 10.5. The predicted octanol–water partition coefficient (Wildman–Crippen LogP) is -3.90. The summed E-state index contributed by atoms with van der Waals surface area (Å²) in [4.78, 5) is 0. The van der Waals surface area contributed by atoms with Crippen LogP contribution in [0.25, 0.3) is 0 Å². The Labute approximate surface area is 55.3 Å². The molecule has 2 nitrogen and oxygen atoms in total. The van der Waals surface area contributed by atoms with Crippen LogP contribution in [0.1, 0.15) is 0 Å². The van der Waals surface area contributed by atoms with Crippen molar-refractivity contribution in [1.29, 1.82) is 0 Å². The van der Waals surface area contributed by atoms with Crippen LogP contribution < -0.4 is 17.7 Å². The Balaban J connectivity index is 0.000000490. The van der Waals surface area contributed by atoms with Crippen LogP contribution in [-0.4, -0.2) is 19.7 Å². The fourth-order valence-corrected chi connectivity index (χ4v) is 0.609. The third-order valence-corrected chi connectivity index (χ3v) is 1.00. The molecule has 8 heavy (non-hydrogen) atoms. The lowest BCUT2D eigenvalue weighted by molar-refractivity contribution is -0.661. The van der Waals surface area contributed by atoms with Gasteiger partial charge in [-0.1, -0.05) is 6.58 Å². The van der Waals surface area contributed by atoms with E-state index in [1.54, 1.807) is 0 Å². The molecule has 48 valence electrons. The normalized spacial score (nSPS) is 18.8. The zero-order chi connectivity index (χ0) is 5.11. The maximum atomic E-state index is 5.05. The van der Waals surface area contributed by atoms with E-state index in [-0.39, 0.29) is 12.4 Å². The zero-order valence-electron chi connectivity index (χ0n) is 4.69. The molecule has 3 heteroatoms. The second kappa shape index (κ2) is 3.75. The number of halogens is 1. The number of rotatable bonds is 0. The number of morpholine rings is 1. The van der Waals surface area contributed by atoms with Crippen LogP contribution in [0.15, 0.2) is 12.3 Å². The van der Waals surface area contributed by atoms with Gasteiger partial charge in [-0.25, -0.2) is 0 Å². The van der Waals surface area contributed by atoms with Crippen molar-refractivity contribution in [2.75, 3.05) is 19.7 Å². The van der Waals surface area contributed by atoms with Crippen LogP contribution in [0.2, 0.25) is 0 Å². The summed E-state index contributed by atoms with van der Waals surface area (Å²) in [6.07, 6.45) is 0. The summed E-state index contributed by atoms with van der Waals surface area (Å²) >= 11 is 0. The van der Waals surface area contributed by atoms with Crippen LogP contribution in [0.4, 0.5) is 0 Å². The van der Waals surface area contributed by atoms with Gasteiger partial charge in [0, 0.05) is 0 Å². The van der Waals surface area contributed by atoms with Crippen LogP contribution in [-0.2, 0) is 4.74 Å². The van der Waals surface area contributed by atoms with E-state index in [1.165, 1.54) is 0 Å². The SMILES string of the molecule is C=C1C[NH2+]CCO1.[Cl-]. The highest BCUT2D eigenvalue weighted by atomic mass is 35.5. The van der Waals surface area contributed by atoms with Crippen molar-refractivity contribution >= 4 is 0 Å². The van der Waals surface area contributed by atoms with Crippen molar-refractivity contribution in [3.8, 4) is 0 Å². The quantitative estimate of drug-likeness (QED) is 0.361. The minimum atomic E-state index is 0. The summed E-state index contributed by atoms with van der Waals surface area (Å²) < 4.78 is 5.05. The van der Waals surface area contributed by atoms with Gasteiger partial charge in [-0.15, -0.1) is 0 Å². The first kappa shape index (κ1) is 7.79. The molecular formula is C5H10ClNO. The molecule has 0 bridgehead atoms. The third kappa shape index (κ3) is 2.19. The summed E-state index contributed by atoms with van der Waals surface area (Å²) in [5.41, 5.74) is 0. The van der Waals surface area contributed by atoms with Crippen LogP contribution in [0.5, 0.6) is 0 Å². The molecule has 0 aromatic rings. The zero-order valence-corrected chi connectivity index (χ0v) is 5.45. The number of quaternary nitrogens is 1. The van der Waals surface area contributed by atoms with Gasteiger partial charge in [0.15, 0.2) is 0 Å². The number of hydrogen-bond donors (Lipinski definition) is 1. The Hall–Kier alpha value is -0.210. The molecule has 0 radical (unpaired) electrons. The molecule has 1 heterocycles. The van der Waals surface area contributed by atoms with Crippen LogP contribution >= 0.6 is 0 Å². The monoisotopic (exact) mass is 135 g/mol. The predicted molar refractivity (Wildman–Crippen MR) is 26.8 cm³/mol. The summed E-state index contributed by atoms with van der Waals surface area (Å²) in [5.74, 6) is 0.909. The molecule has 1 rings (SSSR count). The molecule has 0 unspecified atom stereocenters. The highest BCUT2D eigenvalue weighted by molar-refractivity contribution is 4.81. The lowest BCUT2D eigenvalue weighted by Crippen LogP contribution is -3.00. The second-order valence-electron chi connectivity index (χ2n) is 1.67. The highest BCUT2D eigenvalue weighted by Gasteiger charge is 2.03. The van der Waals surface area contributed by atoms with Crippen molar-refractivity contribution in [2.45, 2.75) is 0 Å². The molecule has 0 aliphatic carbocycles. The summed E-state index contributed by atoms with van der Waals surface area (Å²) in [5, 5.41) is 2.19. The molecule has 0 spiro atoms. The Kier molecular flexibility index (Phi) is 3.65. The molecule has 0 aromatic carbocycles. The average Bonchev–Trinajstić information content (AvgIpc) is 1.69. The van der Waals surface area contributed by atoms with Gasteiger partial charge in [-0.3, -0.25) is 0 Å². The van der Waals surface area contributed by atoms with Gasteiger partial charge in [0.25, 0.3) is 0 Å². The standard InChI is InChI=1S/C5H9NO.ClH/c1-5-4-6-2-3-7-5;/h6H,1-4H2;1H. The van der Waals surface area contributed by atoms with Gasteiger partial charge >= 0.3 is 0 Å². The van der Waals surface area contributed by atoms with E-state index in [9.17, 15) is 0 Å². The topological polar surface area (TPSA) is 25.8 Å². The highest BCUT2D eigenvalue weighted by Crippen LogP contribution is 1.88. The van der Waals surface area contributed by atoms with Crippen molar-refractivity contribution in [1.82, 2.24) is 0 Å². The number of ether oxygens (including phenoxy) is 1. The summed E-state index contributed by atoms with van der Waals surface area (Å²) in [6, 6.07) is 0. The molecule has 1 saturated heterocycles. The first-order chi connectivity index (χ1) is 3.39. The number of nitrogens with two attached hydrogens (primary N) is 1. The van der Waals surface area contributed by atoms with Gasteiger partial charge in [0.05, 0.1) is 0 Å². The van der Waals surface area contributed by atoms with Crippen molar-refractivity contribution in [2.24, 2.45) is 0 Å².